The second kappa shape index (κ2) is 10.4. The van der Waals surface area contributed by atoms with Crippen LogP contribution in [0.2, 0.25) is 0 Å². The molecular formula is C24H18F3N3O4. The molecule has 7 nitrogen and oxygen atoms in total. The molecule has 0 bridgehead atoms. The Kier molecular flexibility index (Phi) is 7.42. The molecule has 0 saturated heterocycles. The van der Waals surface area contributed by atoms with E-state index in [9.17, 15) is 27.6 Å². The first-order valence-corrected chi connectivity index (χ1v) is 9.82. The fraction of sp³-hybridized carbons (Fsp3) is 0.0833. The van der Waals surface area contributed by atoms with E-state index in [2.05, 4.69) is 10.4 Å². The number of rotatable bonds is 5. The van der Waals surface area contributed by atoms with Crippen LogP contribution in [0.1, 0.15) is 27.0 Å². The molecule has 3 aromatic rings. The van der Waals surface area contributed by atoms with Crippen LogP contribution in [0.15, 0.2) is 77.9 Å². The van der Waals surface area contributed by atoms with Crippen LogP contribution in [0.4, 0.5) is 18.9 Å². The molecule has 34 heavy (non-hydrogen) atoms. The molecule has 0 radical (unpaired) electrons. The maximum absolute atomic E-state index is 12.6. The van der Waals surface area contributed by atoms with E-state index < -0.39 is 29.5 Å². The van der Waals surface area contributed by atoms with Gasteiger partial charge in [0.1, 0.15) is 5.75 Å². The third-order valence-electron chi connectivity index (χ3n) is 4.38. The Morgan fingerprint density at radius 2 is 1.62 bits per heavy atom. The summed E-state index contributed by atoms with van der Waals surface area (Å²) >= 11 is 0. The minimum absolute atomic E-state index is 0.0141. The number of hydrogen-bond donors (Lipinski definition) is 2. The standard InChI is InChI=1S/C24H18F3N3O4/c1-15-4-2-6-17(12-15)23(33)34-20-7-3-5-16(13-20)14-28-30-22(32)21(31)29-19-10-8-18(9-11-19)24(25,26)27/h2-14H,1H3,(H,29,31)(H,30,32)/b28-14+. The number of aryl methyl sites for hydroxylation is 1. The molecule has 10 heteroatoms. The molecule has 0 spiro atoms. The van der Waals surface area contributed by atoms with Crippen molar-refractivity contribution in [1.29, 1.82) is 0 Å². The van der Waals surface area contributed by atoms with Crippen LogP contribution in [-0.2, 0) is 15.8 Å². The SMILES string of the molecule is Cc1cccc(C(=O)Oc2cccc(/C=N/NC(=O)C(=O)Nc3ccc(C(F)(F)F)cc3)c2)c1. The molecule has 3 aromatic carbocycles. The molecule has 0 saturated carbocycles. The number of benzene rings is 3. The highest BCUT2D eigenvalue weighted by atomic mass is 19.4. The maximum Gasteiger partial charge on any atom is 0.416 e. The quantitative estimate of drug-likeness (QED) is 0.191. The van der Waals surface area contributed by atoms with Gasteiger partial charge in [0.2, 0.25) is 0 Å². The van der Waals surface area contributed by atoms with Gasteiger partial charge in [0.25, 0.3) is 0 Å². The molecule has 0 heterocycles. The number of ether oxygens (including phenoxy) is 1. The number of amides is 2. The highest BCUT2D eigenvalue weighted by molar-refractivity contribution is 6.39. The number of carbonyl (C=O) groups excluding carboxylic acids is 3. The summed E-state index contributed by atoms with van der Waals surface area (Å²) < 4.78 is 43.1. The van der Waals surface area contributed by atoms with Crippen LogP contribution in [0.25, 0.3) is 0 Å². The lowest BCUT2D eigenvalue weighted by Gasteiger charge is -2.08. The molecule has 0 aliphatic heterocycles. The van der Waals surface area contributed by atoms with Crippen molar-refractivity contribution >= 4 is 29.7 Å². The molecule has 2 N–H and O–H groups in total. The van der Waals surface area contributed by atoms with Crippen LogP contribution in [0.5, 0.6) is 5.75 Å². The number of esters is 1. The lowest BCUT2D eigenvalue weighted by molar-refractivity contribution is -0.137. The van der Waals surface area contributed by atoms with E-state index in [1.54, 1.807) is 36.4 Å². The predicted molar refractivity (Wildman–Crippen MR) is 118 cm³/mol. The van der Waals surface area contributed by atoms with Crippen LogP contribution in [0.3, 0.4) is 0 Å². The summed E-state index contributed by atoms with van der Waals surface area (Å²) in [7, 11) is 0. The van der Waals surface area contributed by atoms with Crippen LogP contribution < -0.4 is 15.5 Å². The topological polar surface area (TPSA) is 96.9 Å². The van der Waals surface area contributed by atoms with Gasteiger partial charge in [-0.05, 0) is 61.0 Å². The van der Waals surface area contributed by atoms with Gasteiger partial charge in [-0.1, -0.05) is 29.8 Å². The van der Waals surface area contributed by atoms with E-state index in [4.69, 9.17) is 4.74 Å². The smallest absolute Gasteiger partial charge is 0.416 e. The largest absolute Gasteiger partial charge is 0.423 e. The highest BCUT2D eigenvalue weighted by Gasteiger charge is 2.30. The lowest BCUT2D eigenvalue weighted by Crippen LogP contribution is -2.32. The zero-order chi connectivity index (χ0) is 24.7. The third-order valence-corrected chi connectivity index (χ3v) is 4.38. The first kappa shape index (κ1) is 24.2. The molecular weight excluding hydrogens is 451 g/mol. The van der Waals surface area contributed by atoms with Gasteiger partial charge in [-0.2, -0.15) is 18.3 Å². The van der Waals surface area contributed by atoms with Crippen molar-refractivity contribution in [3.63, 3.8) is 0 Å². The minimum Gasteiger partial charge on any atom is -0.423 e. The maximum atomic E-state index is 12.6. The fourth-order valence-corrected chi connectivity index (χ4v) is 2.74. The molecule has 0 aliphatic carbocycles. The Hall–Kier alpha value is -4.47. The number of hydrazone groups is 1. The Morgan fingerprint density at radius 1 is 0.912 bits per heavy atom. The third kappa shape index (κ3) is 6.76. The van der Waals surface area contributed by atoms with Crippen molar-refractivity contribution < 1.29 is 32.3 Å². The number of hydrogen-bond acceptors (Lipinski definition) is 5. The molecule has 2 amide bonds. The molecule has 174 valence electrons. The Morgan fingerprint density at radius 3 is 2.29 bits per heavy atom. The van der Waals surface area contributed by atoms with Gasteiger partial charge in [0, 0.05) is 5.69 Å². The van der Waals surface area contributed by atoms with E-state index in [0.29, 0.717) is 11.1 Å². The normalized spacial score (nSPS) is 11.2. The van der Waals surface area contributed by atoms with Crippen LogP contribution >= 0.6 is 0 Å². The fourth-order valence-electron chi connectivity index (χ4n) is 2.74. The number of anilines is 1. The molecule has 0 atom stereocenters. The zero-order valence-electron chi connectivity index (χ0n) is 17.7. The van der Waals surface area contributed by atoms with Gasteiger partial charge < -0.3 is 10.1 Å². The van der Waals surface area contributed by atoms with Gasteiger partial charge in [0.15, 0.2) is 0 Å². The summed E-state index contributed by atoms with van der Waals surface area (Å²) in [5.74, 6) is -2.52. The number of halogens is 3. The predicted octanol–water partition coefficient (Wildman–Crippen LogP) is 4.32. The van der Waals surface area contributed by atoms with E-state index >= 15 is 0 Å². The summed E-state index contributed by atoms with van der Waals surface area (Å²) in [6.07, 6.45) is -3.28. The number of nitrogens with one attached hydrogen (secondary N) is 2. The summed E-state index contributed by atoms with van der Waals surface area (Å²) in [6, 6.07) is 16.9. The highest BCUT2D eigenvalue weighted by Crippen LogP contribution is 2.29. The van der Waals surface area contributed by atoms with Crippen molar-refractivity contribution in [1.82, 2.24) is 5.43 Å². The molecule has 0 aliphatic rings. The van der Waals surface area contributed by atoms with Crippen molar-refractivity contribution in [2.45, 2.75) is 13.1 Å². The first-order chi connectivity index (χ1) is 16.1. The lowest BCUT2D eigenvalue weighted by atomic mass is 10.1. The summed E-state index contributed by atoms with van der Waals surface area (Å²) in [6.45, 7) is 1.85. The van der Waals surface area contributed by atoms with Crippen LogP contribution in [-0.4, -0.2) is 24.0 Å². The van der Waals surface area contributed by atoms with Gasteiger partial charge >= 0.3 is 24.0 Å². The molecule has 0 aromatic heterocycles. The first-order valence-electron chi connectivity index (χ1n) is 9.82. The van der Waals surface area contributed by atoms with Crippen molar-refractivity contribution in [2.75, 3.05) is 5.32 Å². The minimum atomic E-state index is -4.51. The second-order valence-electron chi connectivity index (χ2n) is 7.06. The van der Waals surface area contributed by atoms with Gasteiger partial charge in [-0.3, -0.25) is 9.59 Å². The number of nitrogens with zero attached hydrogens (tertiary/aromatic N) is 1. The summed E-state index contributed by atoms with van der Waals surface area (Å²) in [5, 5.41) is 5.84. The number of carbonyl (C=O) groups is 3. The summed E-state index contributed by atoms with van der Waals surface area (Å²) in [5.41, 5.74) is 2.92. The Balaban J connectivity index is 1.55. The van der Waals surface area contributed by atoms with E-state index in [1.165, 1.54) is 12.3 Å². The van der Waals surface area contributed by atoms with Crippen LogP contribution in [0, 0.1) is 6.92 Å². The average molecular weight is 469 g/mol. The molecule has 3 rings (SSSR count). The van der Waals surface area contributed by atoms with Crippen molar-refractivity contribution in [2.24, 2.45) is 5.10 Å². The van der Waals surface area contributed by atoms with Gasteiger partial charge in [-0.25, -0.2) is 10.2 Å². The van der Waals surface area contributed by atoms with E-state index in [0.717, 1.165) is 29.8 Å². The molecule has 0 unspecified atom stereocenters. The van der Waals surface area contributed by atoms with Crippen molar-refractivity contribution in [3.8, 4) is 5.75 Å². The Bertz CT molecular complexity index is 1240. The van der Waals surface area contributed by atoms with E-state index in [-0.39, 0.29) is 11.4 Å². The van der Waals surface area contributed by atoms with Gasteiger partial charge in [0.05, 0.1) is 17.3 Å². The van der Waals surface area contributed by atoms with E-state index in [1.807, 2.05) is 18.4 Å². The van der Waals surface area contributed by atoms with Gasteiger partial charge in [-0.15, -0.1) is 0 Å². The van der Waals surface area contributed by atoms with Crippen molar-refractivity contribution in [3.05, 3.63) is 95.1 Å². The average Bonchev–Trinajstić information content (AvgIpc) is 2.79. The second-order valence-corrected chi connectivity index (χ2v) is 7.06. The monoisotopic (exact) mass is 469 g/mol. The molecule has 0 fully saturated rings. The number of alkyl halides is 3. The summed E-state index contributed by atoms with van der Waals surface area (Å²) in [4.78, 5) is 36.0. The zero-order valence-corrected chi connectivity index (χ0v) is 17.7. The Labute approximate surface area is 192 Å².